The summed E-state index contributed by atoms with van der Waals surface area (Å²) in [6, 6.07) is 9.38. The Labute approximate surface area is 139 Å². The number of aryl methyl sites for hydroxylation is 1. The first-order valence-electron chi connectivity index (χ1n) is 7.61. The molecule has 0 aliphatic rings. The largest absolute Gasteiger partial charge is 0.462 e. The Kier molecular flexibility index (Phi) is 6.31. The van der Waals surface area contributed by atoms with Gasteiger partial charge in [0.25, 0.3) is 5.91 Å². The number of rotatable bonds is 7. The smallest absolute Gasteiger partial charge is 0.254 e. The zero-order chi connectivity index (χ0) is 17.4. The lowest BCUT2D eigenvalue weighted by Gasteiger charge is -2.06. The topological polar surface area (TPSA) is 71.3 Å². The summed E-state index contributed by atoms with van der Waals surface area (Å²) in [7, 11) is 0. The molecule has 2 amide bonds. The van der Waals surface area contributed by atoms with E-state index in [9.17, 15) is 14.0 Å². The van der Waals surface area contributed by atoms with E-state index in [1.54, 1.807) is 18.2 Å². The molecule has 0 bridgehead atoms. The monoisotopic (exact) mass is 330 g/mol. The SMILES string of the molecule is Cc1ccc(/C=C/C(=O)NCCCNC(=O)c2ccccc2F)o1. The molecule has 0 aliphatic carbocycles. The fourth-order valence-corrected chi connectivity index (χ4v) is 2.00. The van der Waals surface area contributed by atoms with Gasteiger partial charge >= 0.3 is 0 Å². The van der Waals surface area contributed by atoms with Crippen LogP contribution in [0, 0.1) is 12.7 Å². The van der Waals surface area contributed by atoms with E-state index in [-0.39, 0.29) is 11.5 Å². The molecule has 126 valence electrons. The number of furan rings is 1. The summed E-state index contributed by atoms with van der Waals surface area (Å²) in [5, 5.41) is 5.30. The Bertz CT molecular complexity index is 737. The quantitative estimate of drug-likeness (QED) is 0.606. The molecular weight excluding hydrogens is 311 g/mol. The highest BCUT2D eigenvalue weighted by Gasteiger charge is 2.09. The second kappa shape index (κ2) is 8.67. The van der Waals surface area contributed by atoms with Gasteiger partial charge in [0.1, 0.15) is 17.3 Å². The Balaban J connectivity index is 1.64. The van der Waals surface area contributed by atoms with E-state index >= 15 is 0 Å². The van der Waals surface area contributed by atoms with Crippen molar-refractivity contribution in [1.29, 1.82) is 0 Å². The summed E-state index contributed by atoms with van der Waals surface area (Å²) in [6.45, 7) is 2.57. The zero-order valence-electron chi connectivity index (χ0n) is 13.3. The van der Waals surface area contributed by atoms with Gasteiger partial charge in [-0.2, -0.15) is 0 Å². The minimum absolute atomic E-state index is 0.0122. The predicted molar refractivity (Wildman–Crippen MR) is 88.8 cm³/mol. The van der Waals surface area contributed by atoms with Crippen molar-refractivity contribution in [2.45, 2.75) is 13.3 Å². The molecule has 6 heteroatoms. The van der Waals surface area contributed by atoms with Gasteiger partial charge in [-0.25, -0.2) is 4.39 Å². The van der Waals surface area contributed by atoms with Gasteiger partial charge in [0.15, 0.2) is 0 Å². The average molecular weight is 330 g/mol. The third-order valence-electron chi connectivity index (χ3n) is 3.22. The minimum Gasteiger partial charge on any atom is -0.462 e. The van der Waals surface area contributed by atoms with Crippen LogP contribution in [0.4, 0.5) is 4.39 Å². The van der Waals surface area contributed by atoms with E-state index in [0.29, 0.717) is 25.3 Å². The Morgan fingerprint density at radius 3 is 2.58 bits per heavy atom. The molecule has 1 aromatic heterocycles. The fourth-order valence-electron chi connectivity index (χ4n) is 2.00. The molecule has 1 aromatic carbocycles. The maximum absolute atomic E-state index is 13.4. The third-order valence-corrected chi connectivity index (χ3v) is 3.22. The van der Waals surface area contributed by atoms with E-state index < -0.39 is 11.7 Å². The molecule has 2 aromatic rings. The lowest BCUT2D eigenvalue weighted by Crippen LogP contribution is -2.29. The van der Waals surface area contributed by atoms with Gasteiger partial charge in [-0.05, 0) is 43.7 Å². The van der Waals surface area contributed by atoms with Crippen molar-refractivity contribution in [3.8, 4) is 0 Å². The number of nitrogens with one attached hydrogen (secondary N) is 2. The highest BCUT2D eigenvalue weighted by Crippen LogP contribution is 2.07. The lowest BCUT2D eigenvalue weighted by atomic mass is 10.2. The molecule has 0 saturated heterocycles. The van der Waals surface area contributed by atoms with Crippen molar-refractivity contribution in [1.82, 2.24) is 10.6 Å². The van der Waals surface area contributed by atoms with Crippen LogP contribution in [0.1, 0.15) is 28.3 Å². The van der Waals surface area contributed by atoms with Crippen LogP contribution in [0.5, 0.6) is 0 Å². The Hall–Kier alpha value is -2.89. The number of halogens is 1. The van der Waals surface area contributed by atoms with Gasteiger partial charge in [-0.1, -0.05) is 12.1 Å². The minimum atomic E-state index is -0.554. The number of amides is 2. The normalized spacial score (nSPS) is 10.8. The fraction of sp³-hybridized carbons (Fsp3) is 0.222. The van der Waals surface area contributed by atoms with Crippen molar-refractivity contribution in [3.05, 3.63) is 65.4 Å². The Morgan fingerprint density at radius 1 is 1.12 bits per heavy atom. The van der Waals surface area contributed by atoms with Gasteiger partial charge in [-0.15, -0.1) is 0 Å². The molecule has 0 fully saturated rings. The summed E-state index contributed by atoms with van der Waals surface area (Å²) in [5.41, 5.74) is 0.0122. The van der Waals surface area contributed by atoms with E-state index in [1.165, 1.54) is 24.3 Å². The molecular formula is C18H19FN2O3. The molecule has 0 saturated carbocycles. The highest BCUT2D eigenvalue weighted by molar-refractivity contribution is 5.94. The standard InChI is InChI=1S/C18H19FN2O3/c1-13-7-8-14(24-13)9-10-17(22)20-11-4-12-21-18(23)15-5-2-3-6-16(15)19/h2-3,5-10H,4,11-12H2,1H3,(H,20,22)(H,21,23)/b10-9+. The summed E-state index contributed by atoms with van der Waals surface area (Å²) in [4.78, 5) is 23.4. The highest BCUT2D eigenvalue weighted by atomic mass is 19.1. The molecule has 0 aliphatic heterocycles. The lowest BCUT2D eigenvalue weighted by molar-refractivity contribution is -0.116. The molecule has 5 nitrogen and oxygen atoms in total. The molecule has 0 spiro atoms. The maximum atomic E-state index is 13.4. The van der Waals surface area contributed by atoms with Crippen molar-refractivity contribution in [2.24, 2.45) is 0 Å². The van der Waals surface area contributed by atoms with Crippen LogP contribution < -0.4 is 10.6 Å². The van der Waals surface area contributed by atoms with Crippen LogP contribution >= 0.6 is 0 Å². The average Bonchev–Trinajstić information content (AvgIpc) is 2.98. The molecule has 1 heterocycles. The van der Waals surface area contributed by atoms with Gasteiger partial charge < -0.3 is 15.1 Å². The van der Waals surface area contributed by atoms with Crippen LogP contribution in [0.2, 0.25) is 0 Å². The van der Waals surface area contributed by atoms with E-state index in [2.05, 4.69) is 10.6 Å². The van der Waals surface area contributed by atoms with Crippen LogP contribution in [-0.4, -0.2) is 24.9 Å². The van der Waals surface area contributed by atoms with E-state index in [1.807, 2.05) is 13.0 Å². The summed E-state index contributed by atoms with van der Waals surface area (Å²) in [6.07, 6.45) is 3.51. The Morgan fingerprint density at radius 2 is 1.88 bits per heavy atom. The first-order valence-corrected chi connectivity index (χ1v) is 7.61. The van der Waals surface area contributed by atoms with E-state index in [0.717, 1.165) is 5.76 Å². The number of carbonyl (C=O) groups is 2. The molecule has 0 unspecified atom stereocenters. The zero-order valence-corrected chi connectivity index (χ0v) is 13.3. The summed E-state index contributed by atoms with van der Waals surface area (Å²) >= 11 is 0. The predicted octanol–water partition coefficient (Wildman–Crippen LogP) is 2.68. The number of carbonyl (C=O) groups excluding carboxylic acids is 2. The van der Waals surface area contributed by atoms with Crippen molar-refractivity contribution < 1.29 is 18.4 Å². The second-order valence-corrected chi connectivity index (χ2v) is 5.16. The molecule has 2 rings (SSSR count). The first-order chi connectivity index (χ1) is 11.6. The molecule has 0 radical (unpaired) electrons. The van der Waals surface area contributed by atoms with Crippen LogP contribution in [0.15, 0.2) is 46.9 Å². The molecule has 2 N–H and O–H groups in total. The number of hydrogen-bond acceptors (Lipinski definition) is 3. The van der Waals surface area contributed by atoms with Gasteiger partial charge in [0.05, 0.1) is 5.56 Å². The van der Waals surface area contributed by atoms with Crippen LogP contribution in [-0.2, 0) is 4.79 Å². The molecule has 24 heavy (non-hydrogen) atoms. The second-order valence-electron chi connectivity index (χ2n) is 5.16. The van der Waals surface area contributed by atoms with Gasteiger partial charge in [0.2, 0.25) is 5.91 Å². The third kappa shape index (κ3) is 5.39. The van der Waals surface area contributed by atoms with Crippen molar-refractivity contribution in [2.75, 3.05) is 13.1 Å². The van der Waals surface area contributed by atoms with Crippen molar-refractivity contribution >= 4 is 17.9 Å². The number of hydrogen-bond donors (Lipinski definition) is 2. The molecule has 0 atom stereocenters. The van der Waals surface area contributed by atoms with Crippen LogP contribution in [0.3, 0.4) is 0 Å². The van der Waals surface area contributed by atoms with Crippen molar-refractivity contribution in [3.63, 3.8) is 0 Å². The van der Waals surface area contributed by atoms with Crippen LogP contribution in [0.25, 0.3) is 6.08 Å². The van der Waals surface area contributed by atoms with Gasteiger partial charge in [-0.3, -0.25) is 9.59 Å². The number of benzene rings is 1. The summed E-state index contributed by atoms with van der Waals surface area (Å²) in [5.74, 6) is 0.124. The first kappa shape index (κ1) is 17.5. The van der Waals surface area contributed by atoms with Gasteiger partial charge in [0, 0.05) is 19.2 Å². The maximum Gasteiger partial charge on any atom is 0.254 e. The summed E-state index contributed by atoms with van der Waals surface area (Å²) < 4.78 is 18.7. The van der Waals surface area contributed by atoms with E-state index in [4.69, 9.17) is 4.42 Å².